The number of ether oxygens (including phenoxy) is 1. The largest absolute Gasteiger partial charge is 0.497 e. The number of amides is 3. The van der Waals surface area contributed by atoms with Crippen molar-refractivity contribution >= 4 is 29.4 Å². The van der Waals surface area contributed by atoms with Crippen molar-refractivity contribution < 1.29 is 29.0 Å². The fraction of sp³-hybridized carbons (Fsp3) is 0.217. The van der Waals surface area contributed by atoms with Gasteiger partial charge in [-0.1, -0.05) is 30.3 Å². The molecule has 160 valence electrons. The highest BCUT2D eigenvalue weighted by Gasteiger charge is 2.43. The molecule has 0 spiro atoms. The first-order valence-corrected chi connectivity index (χ1v) is 9.67. The third-order valence-electron chi connectivity index (χ3n) is 4.97. The van der Waals surface area contributed by atoms with Crippen molar-refractivity contribution in [2.24, 2.45) is 0 Å². The molecule has 0 radical (unpaired) electrons. The molecule has 1 aliphatic heterocycles. The predicted octanol–water partition coefficient (Wildman–Crippen LogP) is 2.04. The van der Waals surface area contributed by atoms with Crippen LogP contribution in [0.3, 0.4) is 0 Å². The molecule has 1 fully saturated rings. The van der Waals surface area contributed by atoms with E-state index in [9.17, 15) is 19.2 Å². The molecule has 1 N–H and O–H groups in total. The quantitative estimate of drug-likeness (QED) is 0.516. The predicted molar refractivity (Wildman–Crippen MR) is 113 cm³/mol. The molecule has 0 aromatic heterocycles. The van der Waals surface area contributed by atoms with E-state index in [4.69, 9.17) is 9.84 Å². The number of anilines is 1. The maximum Gasteiger partial charge on any atom is 0.328 e. The molecule has 1 heterocycles. The third kappa shape index (κ3) is 5.16. The zero-order chi connectivity index (χ0) is 22.4. The first-order chi connectivity index (χ1) is 14.9. The molecule has 1 aliphatic rings. The van der Waals surface area contributed by atoms with E-state index >= 15 is 0 Å². The minimum absolute atomic E-state index is 0.160. The van der Waals surface area contributed by atoms with Crippen LogP contribution < -0.4 is 9.64 Å². The lowest BCUT2D eigenvalue weighted by atomic mass is 10.1. The molecule has 0 aliphatic carbocycles. The number of hydrogen-bond acceptors (Lipinski definition) is 5. The van der Waals surface area contributed by atoms with Crippen LogP contribution in [0.5, 0.6) is 5.75 Å². The van der Waals surface area contributed by atoms with E-state index < -0.39 is 29.7 Å². The summed E-state index contributed by atoms with van der Waals surface area (Å²) in [6, 6.07) is 14.8. The van der Waals surface area contributed by atoms with E-state index in [0.717, 1.165) is 22.6 Å². The molecule has 0 bridgehead atoms. The number of imide groups is 1. The van der Waals surface area contributed by atoms with Crippen molar-refractivity contribution in [1.82, 2.24) is 4.90 Å². The Bertz CT molecular complexity index is 1000. The first-order valence-electron chi connectivity index (χ1n) is 9.67. The Morgan fingerprint density at radius 3 is 2.39 bits per heavy atom. The summed E-state index contributed by atoms with van der Waals surface area (Å²) in [6.45, 7) is 0.160. The number of methoxy groups -OCH3 is 1. The van der Waals surface area contributed by atoms with Crippen molar-refractivity contribution in [2.75, 3.05) is 18.6 Å². The summed E-state index contributed by atoms with van der Waals surface area (Å²) in [5.74, 6) is -2.29. The summed E-state index contributed by atoms with van der Waals surface area (Å²) >= 11 is 0. The minimum atomic E-state index is -1.27. The van der Waals surface area contributed by atoms with Gasteiger partial charge in [-0.3, -0.25) is 14.4 Å². The van der Waals surface area contributed by atoms with Crippen LogP contribution >= 0.6 is 0 Å². The number of carbonyl (C=O) groups excluding carboxylic acids is 3. The minimum Gasteiger partial charge on any atom is -0.497 e. The van der Waals surface area contributed by atoms with Gasteiger partial charge in [0.25, 0.3) is 5.91 Å². The monoisotopic (exact) mass is 422 g/mol. The standard InChI is InChI=1S/C23H22N2O6/c1-31-18-9-7-17(8-10-18)25-21(27)15-19(23(25)30)24(20(26)11-12-22(28)29)14-13-16-5-3-2-4-6-16/h2-12,19H,13-15H2,1H3,(H,28,29)/b12-11+. The second-order valence-electron chi connectivity index (χ2n) is 6.92. The molecule has 3 amide bonds. The molecule has 8 nitrogen and oxygen atoms in total. The van der Waals surface area contributed by atoms with E-state index in [1.54, 1.807) is 24.3 Å². The van der Waals surface area contributed by atoms with Crippen LogP contribution in [0.25, 0.3) is 0 Å². The van der Waals surface area contributed by atoms with Crippen LogP contribution in [-0.4, -0.2) is 53.4 Å². The lowest BCUT2D eigenvalue weighted by Crippen LogP contribution is -2.45. The van der Waals surface area contributed by atoms with E-state index in [0.29, 0.717) is 17.9 Å². The molecule has 1 atom stereocenters. The highest BCUT2D eigenvalue weighted by atomic mass is 16.5. The van der Waals surface area contributed by atoms with Gasteiger partial charge in [0.15, 0.2) is 0 Å². The van der Waals surface area contributed by atoms with Crippen LogP contribution in [0.15, 0.2) is 66.7 Å². The Balaban J connectivity index is 1.84. The van der Waals surface area contributed by atoms with Gasteiger partial charge in [-0.25, -0.2) is 9.69 Å². The summed E-state index contributed by atoms with van der Waals surface area (Å²) in [5.41, 5.74) is 1.33. The Kier molecular flexibility index (Phi) is 6.81. The molecule has 8 heteroatoms. The molecule has 2 aromatic rings. The highest BCUT2D eigenvalue weighted by Crippen LogP contribution is 2.27. The maximum absolute atomic E-state index is 13.1. The van der Waals surface area contributed by atoms with Gasteiger partial charge in [-0.2, -0.15) is 0 Å². The van der Waals surface area contributed by atoms with Crippen molar-refractivity contribution in [3.8, 4) is 5.75 Å². The smallest absolute Gasteiger partial charge is 0.328 e. The summed E-state index contributed by atoms with van der Waals surface area (Å²) in [5, 5.41) is 8.85. The molecular formula is C23H22N2O6. The van der Waals surface area contributed by atoms with E-state index in [1.807, 2.05) is 30.3 Å². The zero-order valence-electron chi connectivity index (χ0n) is 16.9. The zero-order valence-corrected chi connectivity index (χ0v) is 16.9. The fourth-order valence-corrected chi connectivity index (χ4v) is 3.41. The SMILES string of the molecule is COc1ccc(N2C(=O)CC(N(CCc3ccccc3)C(=O)/C=C/C(=O)O)C2=O)cc1. The van der Waals surface area contributed by atoms with Crippen molar-refractivity contribution in [2.45, 2.75) is 18.9 Å². The van der Waals surface area contributed by atoms with Gasteiger partial charge in [0.2, 0.25) is 11.8 Å². The summed E-state index contributed by atoms with van der Waals surface area (Å²) in [6.07, 6.45) is 1.90. The van der Waals surface area contributed by atoms with Gasteiger partial charge in [0.05, 0.1) is 19.2 Å². The van der Waals surface area contributed by atoms with Crippen molar-refractivity contribution in [1.29, 1.82) is 0 Å². The molecule has 0 saturated carbocycles. The summed E-state index contributed by atoms with van der Waals surface area (Å²) < 4.78 is 5.10. The summed E-state index contributed by atoms with van der Waals surface area (Å²) in [7, 11) is 1.51. The molecule has 31 heavy (non-hydrogen) atoms. The van der Waals surface area contributed by atoms with Crippen LogP contribution in [0, 0.1) is 0 Å². The highest BCUT2D eigenvalue weighted by molar-refractivity contribution is 6.23. The first kappa shape index (κ1) is 21.8. The molecular weight excluding hydrogens is 400 g/mol. The van der Waals surface area contributed by atoms with Gasteiger partial charge in [0, 0.05) is 18.7 Å². The molecule has 2 aromatic carbocycles. The Morgan fingerprint density at radius 2 is 1.77 bits per heavy atom. The Hall–Kier alpha value is -3.94. The van der Waals surface area contributed by atoms with E-state index in [-0.39, 0.29) is 13.0 Å². The second kappa shape index (κ2) is 9.71. The molecule has 1 unspecified atom stereocenters. The average Bonchev–Trinajstić information content (AvgIpc) is 3.07. The van der Waals surface area contributed by atoms with Gasteiger partial charge in [0.1, 0.15) is 11.8 Å². The lowest BCUT2D eigenvalue weighted by Gasteiger charge is -2.26. The van der Waals surface area contributed by atoms with Crippen LogP contribution in [0.1, 0.15) is 12.0 Å². The van der Waals surface area contributed by atoms with Crippen LogP contribution in [-0.2, 0) is 25.6 Å². The average molecular weight is 422 g/mol. The number of nitrogens with zero attached hydrogens (tertiary/aromatic N) is 2. The summed E-state index contributed by atoms with van der Waals surface area (Å²) in [4.78, 5) is 51.6. The molecule has 3 rings (SSSR count). The number of carboxylic acids is 1. The van der Waals surface area contributed by atoms with Gasteiger partial charge < -0.3 is 14.7 Å². The normalized spacial score (nSPS) is 16.0. The van der Waals surface area contributed by atoms with E-state index in [2.05, 4.69) is 0 Å². The van der Waals surface area contributed by atoms with Gasteiger partial charge >= 0.3 is 5.97 Å². The van der Waals surface area contributed by atoms with Crippen LogP contribution in [0.4, 0.5) is 5.69 Å². The number of carboxylic acid groups (broad SMARTS) is 1. The Labute approximate surface area is 179 Å². The maximum atomic E-state index is 13.1. The van der Waals surface area contributed by atoms with Crippen LogP contribution in [0.2, 0.25) is 0 Å². The van der Waals surface area contributed by atoms with Crippen molar-refractivity contribution in [3.05, 3.63) is 72.3 Å². The number of aliphatic carboxylic acids is 1. The number of rotatable bonds is 8. The number of benzene rings is 2. The van der Waals surface area contributed by atoms with E-state index in [1.165, 1.54) is 12.0 Å². The van der Waals surface area contributed by atoms with Gasteiger partial charge in [-0.15, -0.1) is 0 Å². The molecule has 1 saturated heterocycles. The number of carbonyl (C=O) groups is 4. The van der Waals surface area contributed by atoms with Gasteiger partial charge in [-0.05, 0) is 36.2 Å². The number of hydrogen-bond donors (Lipinski definition) is 1. The van der Waals surface area contributed by atoms with Crippen molar-refractivity contribution in [3.63, 3.8) is 0 Å². The topological polar surface area (TPSA) is 104 Å². The second-order valence-corrected chi connectivity index (χ2v) is 6.92. The fourth-order valence-electron chi connectivity index (χ4n) is 3.41. The Morgan fingerprint density at radius 1 is 1.10 bits per heavy atom. The lowest BCUT2D eigenvalue weighted by molar-refractivity contribution is -0.135. The third-order valence-corrected chi connectivity index (χ3v) is 4.97.